The molecule has 0 bridgehead atoms. The van der Waals surface area contributed by atoms with Crippen molar-refractivity contribution in [2.24, 2.45) is 0 Å². The first-order valence-electron chi connectivity index (χ1n) is 6.23. The molecule has 0 amide bonds. The summed E-state index contributed by atoms with van der Waals surface area (Å²) in [6, 6.07) is 10.2. The number of esters is 1. The summed E-state index contributed by atoms with van der Waals surface area (Å²) in [6.07, 6.45) is 1.51. The topological polar surface area (TPSA) is 29.5 Å². The van der Waals surface area contributed by atoms with Crippen LogP contribution in [0, 0.1) is 0 Å². The Morgan fingerprint density at radius 1 is 1.18 bits per heavy atom. The van der Waals surface area contributed by atoms with Gasteiger partial charge in [-0.05, 0) is 25.5 Å². The Morgan fingerprint density at radius 2 is 1.88 bits per heavy atom. The second-order valence-electron chi connectivity index (χ2n) is 3.88. The van der Waals surface area contributed by atoms with E-state index in [2.05, 4.69) is 24.0 Å². The fraction of sp³-hybridized carbons (Fsp3) is 0.500. The third-order valence-electron chi connectivity index (χ3n) is 2.51. The standard InChI is InChI=1S/C14H21NO2/c1-3-11-15(12-10-14(16)17-4-2)13-8-6-5-7-9-13/h5-9H,3-4,10-12H2,1-2H3. The van der Waals surface area contributed by atoms with Crippen LogP contribution in [0.3, 0.4) is 0 Å². The molecule has 0 atom stereocenters. The molecule has 0 unspecified atom stereocenters. The fourth-order valence-corrected chi connectivity index (χ4v) is 1.74. The number of carbonyl (C=O) groups excluding carboxylic acids is 1. The maximum absolute atomic E-state index is 11.3. The lowest BCUT2D eigenvalue weighted by Crippen LogP contribution is -2.27. The third kappa shape index (κ3) is 4.89. The van der Waals surface area contributed by atoms with Crippen LogP contribution in [0.2, 0.25) is 0 Å². The minimum atomic E-state index is -0.121. The summed E-state index contributed by atoms with van der Waals surface area (Å²) in [6.45, 7) is 6.11. The van der Waals surface area contributed by atoms with E-state index in [0.717, 1.165) is 19.5 Å². The summed E-state index contributed by atoms with van der Waals surface area (Å²) in [4.78, 5) is 13.6. The first-order chi connectivity index (χ1) is 8.27. The molecule has 0 radical (unpaired) electrons. The molecule has 1 aromatic rings. The Labute approximate surface area is 103 Å². The molecule has 1 rings (SSSR count). The molecule has 0 saturated heterocycles. The van der Waals surface area contributed by atoms with E-state index >= 15 is 0 Å². The van der Waals surface area contributed by atoms with Crippen LogP contribution in [0.4, 0.5) is 5.69 Å². The molecule has 94 valence electrons. The first kappa shape index (κ1) is 13.6. The molecule has 3 heteroatoms. The minimum Gasteiger partial charge on any atom is -0.466 e. The predicted molar refractivity (Wildman–Crippen MR) is 70.2 cm³/mol. The van der Waals surface area contributed by atoms with E-state index in [-0.39, 0.29) is 5.97 Å². The molecule has 0 spiro atoms. The minimum absolute atomic E-state index is 0.121. The molecule has 0 aromatic heterocycles. The quantitative estimate of drug-likeness (QED) is 0.681. The van der Waals surface area contributed by atoms with Crippen molar-refractivity contribution in [2.45, 2.75) is 26.7 Å². The smallest absolute Gasteiger partial charge is 0.307 e. The van der Waals surface area contributed by atoms with Crippen LogP contribution in [0.1, 0.15) is 26.7 Å². The van der Waals surface area contributed by atoms with E-state index in [1.54, 1.807) is 0 Å². The maximum atomic E-state index is 11.3. The second kappa shape index (κ2) is 7.71. The van der Waals surface area contributed by atoms with Gasteiger partial charge in [0, 0.05) is 18.8 Å². The predicted octanol–water partition coefficient (Wildman–Crippen LogP) is 2.86. The number of ether oxygens (including phenoxy) is 1. The zero-order chi connectivity index (χ0) is 12.5. The summed E-state index contributed by atoms with van der Waals surface area (Å²) in [7, 11) is 0. The summed E-state index contributed by atoms with van der Waals surface area (Å²) < 4.78 is 4.94. The van der Waals surface area contributed by atoms with Gasteiger partial charge in [0.2, 0.25) is 0 Å². The molecular formula is C14H21NO2. The Bertz CT molecular complexity index is 324. The lowest BCUT2D eigenvalue weighted by atomic mass is 10.2. The van der Waals surface area contributed by atoms with Crippen molar-refractivity contribution in [1.29, 1.82) is 0 Å². The van der Waals surface area contributed by atoms with Crippen molar-refractivity contribution in [3.8, 4) is 0 Å². The second-order valence-corrected chi connectivity index (χ2v) is 3.88. The van der Waals surface area contributed by atoms with Crippen LogP contribution >= 0.6 is 0 Å². The number of carbonyl (C=O) groups is 1. The van der Waals surface area contributed by atoms with Gasteiger partial charge in [0.15, 0.2) is 0 Å². The van der Waals surface area contributed by atoms with Crippen LogP contribution in [-0.4, -0.2) is 25.7 Å². The molecular weight excluding hydrogens is 214 g/mol. The van der Waals surface area contributed by atoms with Gasteiger partial charge in [0.25, 0.3) is 0 Å². The third-order valence-corrected chi connectivity index (χ3v) is 2.51. The zero-order valence-corrected chi connectivity index (χ0v) is 10.7. The van der Waals surface area contributed by atoms with Crippen molar-refractivity contribution >= 4 is 11.7 Å². The highest BCUT2D eigenvalue weighted by Gasteiger charge is 2.08. The normalized spacial score (nSPS) is 10.0. The van der Waals surface area contributed by atoms with Crippen LogP contribution < -0.4 is 4.90 Å². The zero-order valence-electron chi connectivity index (χ0n) is 10.7. The number of hydrogen-bond donors (Lipinski definition) is 0. The SMILES string of the molecule is CCCN(CCC(=O)OCC)c1ccccc1. The van der Waals surface area contributed by atoms with Crippen molar-refractivity contribution in [1.82, 2.24) is 0 Å². The van der Waals surface area contributed by atoms with E-state index < -0.39 is 0 Å². The van der Waals surface area contributed by atoms with Crippen LogP contribution in [-0.2, 0) is 9.53 Å². The molecule has 0 saturated carbocycles. The van der Waals surface area contributed by atoms with Gasteiger partial charge in [-0.2, -0.15) is 0 Å². The number of benzene rings is 1. The summed E-state index contributed by atoms with van der Waals surface area (Å²) in [5, 5.41) is 0. The lowest BCUT2D eigenvalue weighted by molar-refractivity contribution is -0.142. The first-order valence-corrected chi connectivity index (χ1v) is 6.23. The molecule has 3 nitrogen and oxygen atoms in total. The van der Waals surface area contributed by atoms with Gasteiger partial charge in [0.1, 0.15) is 0 Å². The lowest BCUT2D eigenvalue weighted by Gasteiger charge is -2.23. The van der Waals surface area contributed by atoms with E-state index in [9.17, 15) is 4.79 Å². The Balaban J connectivity index is 2.52. The Hall–Kier alpha value is -1.51. The molecule has 0 fully saturated rings. The molecule has 0 aliphatic heterocycles. The van der Waals surface area contributed by atoms with Crippen molar-refractivity contribution in [3.05, 3.63) is 30.3 Å². The number of hydrogen-bond acceptors (Lipinski definition) is 3. The van der Waals surface area contributed by atoms with Crippen LogP contribution in [0.5, 0.6) is 0 Å². The van der Waals surface area contributed by atoms with Crippen molar-refractivity contribution in [3.63, 3.8) is 0 Å². The molecule has 0 heterocycles. The van der Waals surface area contributed by atoms with Gasteiger partial charge in [-0.3, -0.25) is 4.79 Å². The molecule has 1 aromatic carbocycles. The molecule has 0 aliphatic carbocycles. The van der Waals surface area contributed by atoms with E-state index in [1.165, 1.54) is 5.69 Å². The van der Waals surface area contributed by atoms with E-state index in [0.29, 0.717) is 13.0 Å². The van der Waals surface area contributed by atoms with Gasteiger partial charge in [-0.15, -0.1) is 0 Å². The van der Waals surface area contributed by atoms with E-state index in [4.69, 9.17) is 4.74 Å². The van der Waals surface area contributed by atoms with Crippen LogP contribution in [0.15, 0.2) is 30.3 Å². The number of anilines is 1. The van der Waals surface area contributed by atoms with Crippen LogP contribution in [0.25, 0.3) is 0 Å². The molecule has 0 aliphatic rings. The highest BCUT2D eigenvalue weighted by atomic mass is 16.5. The largest absolute Gasteiger partial charge is 0.466 e. The summed E-state index contributed by atoms with van der Waals surface area (Å²) in [5.41, 5.74) is 1.17. The van der Waals surface area contributed by atoms with E-state index in [1.807, 2.05) is 25.1 Å². The average molecular weight is 235 g/mol. The van der Waals surface area contributed by atoms with Crippen molar-refractivity contribution in [2.75, 3.05) is 24.6 Å². The number of rotatable bonds is 7. The van der Waals surface area contributed by atoms with Crippen molar-refractivity contribution < 1.29 is 9.53 Å². The molecule has 17 heavy (non-hydrogen) atoms. The Morgan fingerprint density at radius 3 is 2.47 bits per heavy atom. The number of nitrogens with zero attached hydrogens (tertiary/aromatic N) is 1. The molecule has 0 N–H and O–H groups in total. The summed E-state index contributed by atoms with van der Waals surface area (Å²) in [5.74, 6) is -0.121. The highest BCUT2D eigenvalue weighted by Crippen LogP contribution is 2.14. The maximum Gasteiger partial charge on any atom is 0.307 e. The van der Waals surface area contributed by atoms with Gasteiger partial charge in [0.05, 0.1) is 13.0 Å². The number of para-hydroxylation sites is 1. The average Bonchev–Trinajstić information content (AvgIpc) is 2.36. The van der Waals surface area contributed by atoms with Gasteiger partial charge in [-0.1, -0.05) is 25.1 Å². The van der Waals surface area contributed by atoms with Gasteiger partial charge in [-0.25, -0.2) is 0 Å². The summed E-state index contributed by atoms with van der Waals surface area (Å²) >= 11 is 0. The Kier molecular flexibility index (Phi) is 6.15. The van der Waals surface area contributed by atoms with Gasteiger partial charge < -0.3 is 9.64 Å². The highest BCUT2D eigenvalue weighted by molar-refractivity contribution is 5.70. The fourth-order valence-electron chi connectivity index (χ4n) is 1.74. The van der Waals surface area contributed by atoms with Gasteiger partial charge >= 0.3 is 5.97 Å². The monoisotopic (exact) mass is 235 g/mol.